The van der Waals surface area contributed by atoms with Crippen LogP contribution in [0.2, 0.25) is 0 Å². The zero-order valence-electron chi connectivity index (χ0n) is 13.4. The molecule has 1 fully saturated rings. The Kier molecular flexibility index (Phi) is 4.64. The lowest BCUT2D eigenvalue weighted by molar-refractivity contribution is -0.132. The van der Waals surface area contributed by atoms with Crippen LogP contribution in [0.1, 0.15) is 12.6 Å². The Hall–Kier alpha value is -2.64. The molecular formula is C16H19FN4O3. The molecular weight excluding hydrogens is 315 g/mol. The summed E-state index contributed by atoms with van der Waals surface area (Å²) >= 11 is 0. The van der Waals surface area contributed by atoms with E-state index in [4.69, 9.17) is 4.74 Å². The highest BCUT2D eigenvalue weighted by molar-refractivity contribution is 5.79. The number of piperazine rings is 1. The van der Waals surface area contributed by atoms with Gasteiger partial charge in [-0.15, -0.1) is 0 Å². The molecule has 2 amide bonds. The second-order valence-corrected chi connectivity index (χ2v) is 5.59. The van der Waals surface area contributed by atoms with Crippen LogP contribution in [0.4, 0.5) is 9.18 Å². The van der Waals surface area contributed by atoms with Gasteiger partial charge in [-0.05, 0) is 19.1 Å². The van der Waals surface area contributed by atoms with Crippen molar-refractivity contribution in [2.45, 2.75) is 13.3 Å². The Bertz CT molecular complexity index is 753. The van der Waals surface area contributed by atoms with Crippen molar-refractivity contribution in [3.63, 3.8) is 0 Å². The van der Waals surface area contributed by atoms with E-state index >= 15 is 0 Å². The molecule has 0 spiro atoms. The fraction of sp³-hybridized carbons (Fsp3) is 0.438. The molecule has 3 heterocycles. The standard InChI is InChI=1S/C16H19FN4O3/c1-2-24-16(23)20-7-5-19(6-8-20)15(22)9-13-11-21-10-12(17)3-4-14(21)18-13/h3-4,10-11H,2,5-9H2,1H3. The number of carbonyl (C=O) groups excluding carboxylic acids is 2. The van der Waals surface area contributed by atoms with Crippen molar-refractivity contribution in [3.05, 3.63) is 36.0 Å². The van der Waals surface area contributed by atoms with E-state index in [1.165, 1.54) is 12.3 Å². The van der Waals surface area contributed by atoms with Gasteiger partial charge in [0.1, 0.15) is 11.5 Å². The van der Waals surface area contributed by atoms with Crippen LogP contribution in [0.3, 0.4) is 0 Å². The van der Waals surface area contributed by atoms with Crippen molar-refractivity contribution in [2.24, 2.45) is 0 Å². The van der Waals surface area contributed by atoms with E-state index in [1.807, 2.05) is 0 Å². The lowest BCUT2D eigenvalue weighted by Gasteiger charge is -2.34. The molecule has 1 saturated heterocycles. The molecule has 0 aromatic carbocycles. The summed E-state index contributed by atoms with van der Waals surface area (Å²) in [5, 5.41) is 0. The van der Waals surface area contributed by atoms with E-state index in [-0.39, 0.29) is 24.2 Å². The predicted octanol–water partition coefficient (Wildman–Crippen LogP) is 1.32. The van der Waals surface area contributed by atoms with E-state index in [9.17, 15) is 14.0 Å². The second kappa shape index (κ2) is 6.86. The van der Waals surface area contributed by atoms with Crippen molar-refractivity contribution in [1.82, 2.24) is 19.2 Å². The first kappa shape index (κ1) is 16.2. The fourth-order valence-electron chi connectivity index (χ4n) is 2.72. The van der Waals surface area contributed by atoms with E-state index in [0.717, 1.165) is 0 Å². The largest absolute Gasteiger partial charge is 0.450 e. The minimum atomic E-state index is -0.354. The first-order valence-electron chi connectivity index (χ1n) is 7.89. The molecule has 2 aromatic heterocycles. The minimum absolute atomic E-state index is 0.0533. The van der Waals surface area contributed by atoms with Gasteiger partial charge in [-0.1, -0.05) is 0 Å². The Morgan fingerprint density at radius 3 is 2.58 bits per heavy atom. The fourth-order valence-corrected chi connectivity index (χ4v) is 2.72. The number of imidazole rings is 1. The number of pyridine rings is 1. The van der Waals surface area contributed by atoms with Crippen molar-refractivity contribution in [3.8, 4) is 0 Å². The van der Waals surface area contributed by atoms with Gasteiger partial charge in [0, 0.05) is 38.6 Å². The number of rotatable bonds is 3. The Labute approximate surface area is 138 Å². The average molecular weight is 334 g/mol. The van der Waals surface area contributed by atoms with Crippen molar-refractivity contribution >= 4 is 17.6 Å². The molecule has 0 N–H and O–H groups in total. The Balaban J connectivity index is 1.58. The Morgan fingerprint density at radius 1 is 1.17 bits per heavy atom. The first-order chi connectivity index (χ1) is 11.6. The van der Waals surface area contributed by atoms with Crippen molar-refractivity contribution in [2.75, 3.05) is 32.8 Å². The number of aromatic nitrogens is 2. The molecule has 0 atom stereocenters. The van der Waals surface area contributed by atoms with Gasteiger partial charge in [0.2, 0.25) is 5.91 Å². The summed E-state index contributed by atoms with van der Waals surface area (Å²) in [6.45, 7) is 3.96. The molecule has 0 unspecified atom stereocenters. The lowest BCUT2D eigenvalue weighted by Crippen LogP contribution is -2.51. The number of carbonyl (C=O) groups is 2. The van der Waals surface area contributed by atoms with E-state index in [1.54, 1.807) is 33.4 Å². The zero-order valence-corrected chi connectivity index (χ0v) is 13.4. The van der Waals surface area contributed by atoms with Crippen LogP contribution in [-0.2, 0) is 16.0 Å². The van der Waals surface area contributed by atoms with Gasteiger partial charge < -0.3 is 18.9 Å². The highest BCUT2D eigenvalue weighted by Crippen LogP contribution is 2.10. The molecule has 1 aliphatic heterocycles. The molecule has 7 nitrogen and oxygen atoms in total. The summed E-state index contributed by atoms with van der Waals surface area (Å²) in [7, 11) is 0. The maximum absolute atomic E-state index is 13.2. The molecule has 2 aromatic rings. The summed E-state index contributed by atoms with van der Waals surface area (Å²) in [6, 6.07) is 2.91. The third-order valence-electron chi connectivity index (χ3n) is 3.96. The number of ether oxygens (including phenoxy) is 1. The monoisotopic (exact) mass is 334 g/mol. The van der Waals surface area contributed by atoms with Crippen LogP contribution >= 0.6 is 0 Å². The summed E-state index contributed by atoms with van der Waals surface area (Å²) in [4.78, 5) is 31.7. The van der Waals surface area contributed by atoms with Gasteiger partial charge in [0.05, 0.1) is 18.7 Å². The summed E-state index contributed by atoms with van der Waals surface area (Å²) in [6.07, 6.45) is 2.80. The van der Waals surface area contributed by atoms with E-state index in [2.05, 4.69) is 4.98 Å². The normalized spacial score (nSPS) is 14.9. The number of hydrogen-bond donors (Lipinski definition) is 0. The molecule has 128 valence electrons. The molecule has 0 bridgehead atoms. The van der Waals surface area contributed by atoms with Gasteiger partial charge in [-0.2, -0.15) is 0 Å². The maximum atomic E-state index is 13.2. The predicted molar refractivity (Wildman–Crippen MR) is 84.0 cm³/mol. The molecule has 0 aliphatic carbocycles. The molecule has 8 heteroatoms. The molecule has 24 heavy (non-hydrogen) atoms. The van der Waals surface area contributed by atoms with Gasteiger partial charge in [0.25, 0.3) is 0 Å². The molecule has 3 rings (SSSR count). The van der Waals surface area contributed by atoms with E-state index in [0.29, 0.717) is 44.1 Å². The average Bonchev–Trinajstić information content (AvgIpc) is 2.96. The highest BCUT2D eigenvalue weighted by Gasteiger charge is 2.25. The Morgan fingerprint density at radius 2 is 1.88 bits per heavy atom. The number of fused-ring (bicyclic) bond motifs is 1. The van der Waals surface area contributed by atoms with Crippen LogP contribution in [0.15, 0.2) is 24.5 Å². The third kappa shape index (κ3) is 3.47. The molecule has 0 radical (unpaired) electrons. The highest BCUT2D eigenvalue weighted by atomic mass is 19.1. The number of amides is 2. The topological polar surface area (TPSA) is 67.2 Å². The summed E-state index contributed by atoms with van der Waals surface area (Å²) < 4.78 is 19.7. The minimum Gasteiger partial charge on any atom is -0.450 e. The zero-order chi connectivity index (χ0) is 17.1. The van der Waals surface area contributed by atoms with Gasteiger partial charge in [-0.3, -0.25) is 4.79 Å². The van der Waals surface area contributed by atoms with Crippen LogP contribution in [0.25, 0.3) is 5.65 Å². The van der Waals surface area contributed by atoms with Crippen LogP contribution in [0.5, 0.6) is 0 Å². The maximum Gasteiger partial charge on any atom is 0.409 e. The number of nitrogens with zero attached hydrogens (tertiary/aromatic N) is 4. The van der Waals surface area contributed by atoms with Crippen LogP contribution in [-0.4, -0.2) is 64.0 Å². The number of halogens is 1. The summed E-state index contributed by atoms with van der Waals surface area (Å²) in [5.41, 5.74) is 1.20. The SMILES string of the molecule is CCOC(=O)N1CCN(C(=O)Cc2cn3cc(F)ccc3n2)CC1. The smallest absolute Gasteiger partial charge is 0.409 e. The summed E-state index contributed by atoms with van der Waals surface area (Å²) in [5.74, 6) is -0.407. The van der Waals surface area contributed by atoms with Gasteiger partial charge in [-0.25, -0.2) is 14.2 Å². The molecule has 0 saturated carbocycles. The lowest BCUT2D eigenvalue weighted by atomic mass is 10.2. The third-order valence-corrected chi connectivity index (χ3v) is 3.96. The van der Waals surface area contributed by atoms with Crippen LogP contribution < -0.4 is 0 Å². The first-order valence-corrected chi connectivity index (χ1v) is 7.89. The molecule has 1 aliphatic rings. The van der Waals surface area contributed by atoms with Crippen molar-refractivity contribution < 1.29 is 18.7 Å². The van der Waals surface area contributed by atoms with E-state index < -0.39 is 0 Å². The second-order valence-electron chi connectivity index (χ2n) is 5.59. The van der Waals surface area contributed by atoms with Crippen molar-refractivity contribution in [1.29, 1.82) is 0 Å². The quantitative estimate of drug-likeness (QED) is 0.849. The van der Waals surface area contributed by atoms with Gasteiger partial charge in [0.15, 0.2) is 0 Å². The van der Waals surface area contributed by atoms with Gasteiger partial charge >= 0.3 is 6.09 Å². The number of hydrogen-bond acceptors (Lipinski definition) is 4. The van der Waals surface area contributed by atoms with Crippen LogP contribution in [0, 0.1) is 5.82 Å².